The molecule has 0 saturated heterocycles. The van der Waals surface area contributed by atoms with E-state index < -0.39 is 11.4 Å². The second-order valence-corrected chi connectivity index (χ2v) is 3.31. The summed E-state index contributed by atoms with van der Waals surface area (Å²) < 4.78 is 4.12. The second-order valence-electron chi connectivity index (χ2n) is 3.00. The van der Waals surface area contributed by atoms with E-state index in [-0.39, 0.29) is 6.42 Å². The van der Waals surface area contributed by atoms with Crippen molar-refractivity contribution in [1.29, 1.82) is 0 Å². The quantitative estimate of drug-likeness (QED) is 0.391. The molecule has 0 aromatic rings. The van der Waals surface area contributed by atoms with Crippen molar-refractivity contribution < 1.29 is 14.3 Å². The summed E-state index contributed by atoms with van der Waals surface area (Å²) in [5.41, 5.74) is -1.05. The van der Waals surface area contributed by atoms with Gasteiger partial charge >= 0.3 is 11.4 Å². The fourth-order valence-electron chi connectivity index (χ4n) is 0.795. The molecule has 0 rings (SSSR count). The summed E-state index contributed by atoms with van der Waals surface area (Å²) in [7, 11) is 0. The molecule has 0 bridgehead atoms. The maximum atomic E-state index is 10.7. The smallest absolute Gasteiger partial charge is 0.381 e. The maximum Gasteiger partial charge on any atom is 0.411 e. The van der Waals surface area contributed by atoms with Gasteiger partial charge in [0.05, 0.1) is 0 Å². The highest BCUT2D eigenvalue weighted by molar-refractivity contribution is 6.61. The van der Waals surface area contributed by atoms with Crippen LogP contribution < -0.4 is 0 Å². The fourth-order valence-corrected chi connectivity index (χ4v) is 0.881. The van der Waals surface area contributed by atoms with E-state index in [1.54, 1.807) is 0 Å². The Balaban J connectivity index is 3.38. The zero-order chi connectivity index (χ0) is 9.56. The summed E-state index contributed by atoms with van der Waals surface area (Å²) in [6, 6.07) is 0. The molecule has 0 spiro atoms. The average molecular weight is 193 g/mol. The number of esters is 1. The zero-order valence-electron chi connectivity index (χ0n) is 7.30. The topological polar surface area (TPSA) is 43.4 Å². The molecule has 12 heavy (non-hydrogen) atoms. The Hall–Kier alpha value is -0.570. The lowest BCUT2D eigenvalue weighted by molar-refractivity contribution is -0.136. The standard InChI is InChI=1S/C8H13ClO3/c1-6(2)4-3-5-7(10)12-8(9)11/h6H,3-5H2,1-2H3. The predicted molar refractivity (Wildman–Crippen MR) is 46.0 cm³/mol. The number of carbonyl (C=O) groups is 2. The van der Waals surface area contributed by atoms with Crippen LogP contribution in [-0.4, -0.2) is 11.4 Å². The molecule has 0 heterocycles. The summed E-state index contributed by atoms with van der Waals surface area (Å²) in [5.74, 6) is 0.0140. The molecule has 4 heteroatoms. The highest BCUT2D eigenvalue weighted by Gasteiger charge is 2.07. The van der Waals surface area contributed by atoms with Crippen LogP contribution in [0.4, 0.5) is 4.79 Å². The number of halogens is 1. The highest BCUT2D eigenvalue weighted by Crippen LogP contribution is 2.07. The third kappa shape index (κ3) is 7.54. The van der Waals surface area contributed by atoms with Crippen molar-refractivity contribution in [3.05, 3.63) is 0 Å². The zero-order valence-corrected chi connectivity index (χ0v) is 8.06. The largest absolute Gasteiger partial charge is 0.411 e. The number of carbonyl (C=O) groups excluding carboxylic acids is 2. The van der Waals surface area contributed by atoms with Gasteiger partial charge in [-0.1, -0.05) is 20.3 Å². The van der Waals surface area contributed by atoms with Crippen LogP contribution in [0, 0.1) is 5.92 Å². The number of ether oxygens (including phenoxy) is 1. The van der Waals surface area contributed by atoms with Gasteiger partial charge in [0.25, 0.3) is 0 Å². The van der Waals surface area contributed by atoms with E-state index in [2.05, 4.69) is 18.6 Å². The van der Waals surface area contributed by atoms with Gasteiger partial charge in [0.15, 0.2) is 0 Å². The van der Waals surface area contributed by atoms with Crippen LogP contribution in [-0.2, 0) is 9.53 Å². The maximum absolute atomic E-state index is 10.7. The van der Waals surface area contributed by atoms with Crippen molar-refractivity contribution >= 4 is 23.0 Å². The minimum Gasteiger partial charge on any atom is -0.381 e. The van der Waals surface area contributed by atoms with E-state index in [1.165, 1.54) is 0 Å². The first kappa shape index (κ1) is 11.4. The van der Waals surface area contributed by atoms with Gasteiger partial charge in [-0.15, -0.1) is 0 Å². The Bertz CT molecular complexity index is 166. The van der Waals surface area contributed by atoms with Gasteiger partial charge < -0.3 is 4.74 Å². The minimum atomic E-state index is -1.05. The lowest BCUT2D eigenvalue weighted by atomic mass is 10.1. The van der Waals surface area contributed by atoms with Gasteiger partial charge in [-0.05, 0) is 12.3 Å². The monoisotopic (exact) mass is 192 g/mol. The normalized spacial score (nSPS) is 10.0. The van der Waals surface area contributed by atoms with Gasteiger partial charge in [0, 0.05) is 18.0 Å². The summed E-state index contributed by atoms with van der Waals surface area (Å²) in [6.45, 7) is 4.13. The number of hydrogen-bond donors (Lipinski definition) is 0. The van der Waals surface area contributed by atoms with Crippen molar-refractivity contribution in [3.8, 4) is 0 Å². The van der Waals surface area contributed by atoms with Crippen LogP contribution >= 0.6 is 11.6 Å². The molecule has 0 fully saturated rings. The third-order valence-corrected chi connectivity index (χ3v) is 1.43. The van der Waals surface area contributed by atoms with Crippen molar-refractivity contribution in [2.24, 2.45) is 5.92 Å². The lowest BCUT2D eigenvalue weighted by Crippen LogP contribution is -2.06. The Kier molecular flexibility index (Phi) is 5.72. The Labute approximate surface area is 77.0 Å². The lowest BCUT2D eigenvalue weighted by Gasteiger charge is -2.02. The van der Waals surface area contributed by atoms with Gasteiger partial charge in [0.2, 0.25) is 0 Å². The molecule has 70 valence electrons. The number of rotatable bonds is 4. The molecule has 0 N–H and O–H groups in total. The van der Waals surface area contributed by atoms with E-state index in [0.717, 1.165) is 12.8 Å². The average Bonchev–Trinajstić information content (AvgIpc) is 1.84. The highest BCUT2D eigenvalue weighted by atomic mass is 35.5. The minimum absolute atomic E-state index is 0.261. The first-order chi connectivity index (χ1) is 5.52. The Morgan fingerprint density at radius 1 is 1.42 bits per heavy atom. The predicted octanol–water partition coefficient (Wildman–Crippen LogP) is 2.71. The molecule has 3 nitrogen and oxygen atoms in total. The van der Waals surface area contributed by atoms with Gasteiger partial charge in [-0.2, -0.15) is 0 Å². The van der Waals surface area contributed by atoms with Crippen LogP contribution in [0.1, 0.15) is 33.1 Å². The van der Waals surface area contributed by atoms with Crippen LogP contribution in [0.15, 0.2) is 0 Å². The van der Waals surface area contributed by atoms with Crippen LogP contribution in [0.2, 0.25) is 0 Å². The second kappa shape index (κ2) is 6.00. The van der Waals surface area contributed by atoms with Crippen molar-refractivity contribution in [3.63, 3.8) is 0 Å². The number of hydrogen-bond acceptors (Lipinski definition) is 3. The van der Waals surface area contributed by atoms with E-state index in [0.29, 0.717) is 5.92 Å². The van der Waals surface area contributed by atoms with Gasteiger partial charge in [0.1, 0.15) is 0 Å². The van der Waals surface area contributed by atoms with E-state index in [4.69, 9.17) is 11.6 Å². The Morgan fingerprint density at radius 2 is 2.00 bits per heavy atom. The van der Waals surface area contributed by atoms with Crippen LogP contribution in [0.3, 0.4) is 0 Å². The molecular formula is C8H13ClO3. The van der Waals surface area contributed by atoms with E-state index in [1.807, 2.05) is 0 Å². The molecule has 0 aromatic carbocycles. The summed E-state index contributed by atoms with van der Waals surface area (Å²) >= 11 is 4.83. The van der Waals surface area contributed by atoms with Crippen LogP contribution in [0.5, 0.6) is 0 Å². The molecule has 0 aliphatic carbocycles. The summed E-state index contributed by atoms with van der Waals surface area (Å²) in [4.78, 5) is 20.8. The molecule has 0 aliphatic heterocycles. The molecule has 0 saturated carbocycles. The summed E-state index contributed by atoms with van der Waals surface area (Å²) in [6.07, 6.45) is 1.95. The molecule has 0 unspecified atom stereocenters. The van der Waals surface area contributed by atoms with E-state index >= 15 is 0 Å². The van der Waals surface area contributed by atoms with Gasteiger partial charge in [-0.25, -0.2) is 4.79 Å². The van der Waals surface area contributed by atoms with Gasteiger partial charge in [-0.3, -0.25) is 4.79 Å². The van der Waals surface area contributed by atoms with Crippen molar-refractivity contribution in [2.45, 2.75) is 33.1 Å². The summed E-state index contributed by atoms with van der Waals surface area (Å²) in [5, 5.41) is 0. The van der Waals surface area contributed by atoms with Crippen molar-refractivity contribution in [1.82, 2.24) is 0 Å². The van der Waals surface area contributed by atoms with E-state index in [9.17, 15) is 9.59 Å². The molecule has 0 radical (unpaired) electrons. The molecule has 0 aromatic heterocycles. The molecule has 0 aliphatic rings. The Morgan fingerprint density at radius 3 is 2.42 bits per heavy atom. The molecule has 0 amide bonds. The molecular weight excluding hydrogens is 180 g/mol. The molecule has 0 atom stereocenters. The fraction of sp³-hybridized carbons (Fsp3) is 0.750. The van der Waals surface area contributed by atoms with Crippen LogP contribution in [0.25, 0.3) is 0 Å². The third-order valence-electron chi connectivity index (χ3n) is 1.36. The SMILES string of the molecule is CC(C)CCCC(=O)OC(=O)Cl. The first-order valence-electron chi connectivity index (χ1n) is 3.92. The van der Waals surface area contributed by atoms with Crippen molar-refractivity contribution in [2.75, 3.05) is 0 Å². The first-order valence-corrected chi connectivity index (χ1v) is 4.30.